The molecule has 5 nitrogen and oxygen atoms in total. The smallest absolute Gasteiger partial charge is 0.273 e. The van der Waals surface area contributed by atoms with Gasteiger partial charge in [0.2, 0.25) is 0 Å². The number of nitrogens with one attached hydrogen (secondary N) is 1. The first kappa shape index (κ1) is 12.1. The molecule has 0 bridgehead atoms. The van der Waals surface area contributed by atoms with Crippen LogP contribution >= 0.6 is 11.6 Å². The predicted octanol–water partition coefficient (Wildman–Crippen LogP) is 2.38. The normalized spacial score (nSPS) is 14.6. The van der Waals surface area contributed by atoms with Crippen molar-refractivity contribution < 1.29 is 9.66 Å². The third-order valence-electron chi connectivity index (χ3n) is 2.50. The molecule has 0 radical (unpaired) electrons. The Labute approximate surface area is 104 Å². The standard InChI is InChI=1S/C11H13ClN2O3/c12-10-4-3-9(14(15)16)7-11(10)17-6-5-13-8-1-2-8/h3-4,7-8,13H,1-2,5-6H2. The number of benzene rings is 1. The van der Waals surface area contributed by atoms with Gasteiger partial charge in [-0.3, -0.25) is 10.1 Å². The highest BCUT2D eigenvalue weighted by atomic mass is 35.5. The molecule has 1 aliphatic carbocycles. The van der Waals surface area contributed by atoms with E-state index >= 15 is 0 Å². The first-order valence-electron chi connectivity index (χ1n) is 5.47. The molecule has 1 aromatic rings. The minimum Gasteiger partial charge on any atom is -0.490 e. The molecule has 1 saturated carbocycles. The van der Waals surface area contributed by atoms with Crippen molar-refractivity contribution in [3.05, 3.63) is 33.3 Å². The molecule has 1 N–H and O–H groups in total. The fourth-order valence-electron chi connectivity index (χ4n) is 1.43. The van der Waals surface area contributed by atoms with Crippen LogP contribution in [0.4, 0.5) is 5.69 Å². The van der Waals surface area contributed by atoms with E-state index in [0.717, 1.165) is 6.54 Å². The van der Waals surface area contributed by atoms with E-state index in [1.165, 1.54) is 31.0 Å². The highest BCUT2D eigenvalue weighted by Crippen LogP contribution is 2.28. The van der Waals surface area contributed by atoms with Crippen LogP contribution in [0.5, 0.6) is 5.75 Å². The molecular weight excluding hydrogens is 244 g/mol. The molecule has 1 fully saturated rings. The molecular formula is C11H13ClN2O3. The molecule has 6 heteroatoms. The van der Waals surface area contributed by atoms with Crippen LogP contribution in [0.25, 0.3) is 0 Å². The number of halogens is 1. The van der Waals surface area contributed by atoms with Gasteiger partial charge in [-0.25, -0.2) is 0 Å². The van der Waals surface area contributed by atoms with Gasteiger partial charge in [0.1, 0.15) is 12.4 Å². The van der Waals surface area contributed by atoms with Gasteiger partial charge in [-0.1, -0.05) is 11.6 Å². The van der Waals surface area contributed by atoms with Gasteiger partial charge in [0.15, 0.2) is 0 Å². The molecule has 0 aromatic heterocycles. The van der Waals surface area contributed by atoms with E-state index in [1.54, 1.807) is 0 Å². The van der Waals surface area contributed by atoms with Gasteiger partial charge >= 0.3 is 0 Å². The summed E-state index contributed by atoms with van der Waals surface area (Å²) < 4.78 is 5.41. The van der Waals surface area contributed by atoms with Crippen LogP contribution in [-0.4, -0.2) is 24.1 Å². The van der Waals surface area contributed by atoms with Gasteiger partial charge in [-0.15, -0.1) is 0 Å². The number of non-ortho nitro benzene ring substituents is 1. The molecule has 0 heterocycles. The Hall–Kier alpha value is -1.33. The van der Waals surface area contributed by atoms with Gasteiger partial charge in [0, 0.05) is 18.7 Å². The van der Waals surface area contributed by atoms with E-state index in [0.29, 0.717) is 23.4 Å². The second kappa shape index (κ2) is 5.33. The Morgan fingerprint density at radius 3 is 2.94 bits per heavy atom. The number of nitro groups is 1. The minimum atomic E-state index is -0.467. The lowest BCUT2D eigenvalue weighted by Crippen LogP contribution is -2.22. The summed E-state index contributed by atoms with van der Waals surface area (Å²) in [5.41, 5.74) is -0.0143. The van der Waals surface area contributed by atoms with Crippen molar-refractivity contribution in [2.24, 2.45) is 0 Å². The number of ether oxygens (including phenoxy) is 1. The molecule has 0 spiro atoms. The summed E-state index contributed by atoms with van der Waals surface area (Å²) in [4.78, 5) is 10.1. The maximum absolute atomic E-state index is 10.6. The summed E-state index contributed by atoms with van der Waals surface area (Å²) in [6.07, 6.45) is 2.44. The molecule has 0 amide bonds. The summed E-state index contributed by atoms with van der Waals surface area (Å²) in [5.74, 6) is 0.360. The second-order valence-corrected chi connectivity index (χ2v) is 4.36. The van der Waals surface area contributed by atoms with E-state index in [9.17, 15) is 10.1 Å². The molecule has 0 saturated heterocycles. The number of nitro benzene ring substituents is 1. The van der Waals surface area contributed by atoms with Gasteiger partial charge < -0.3 is 10.1 Å². The Morgan fingerprint density at radius 1 is 1.53 bits per heavy atom. The lowest BCUT2D eigenvalue weighted by atomic mass is 10.3. The van der Waals surface area contributed by atoms with Gasteiger partial charge in [0.25, 0.3) is 5.69 Å². The number of nitrogens with zero attached hydrogens (tertiary/aromatic N) is 1. The third kappa shape index (κ3) is 3.57. The molecule has 0 unspecified atom stereocenters. The molecule has 0 aliphatic heterocycles. The average Bonchev–Trinajstić information content (AvgIpc) is 3.10. The van der Waals surface area contributed by atoms with Crippen molar-refractivity contribution >= 4 is 17.3 Å². The summed E-state index contributed by atoms with van der Waals surface area (Å²) >= 11 is 5.89. The topological polar surface area (TPSA) is 64.4 Å². The largest absolute Gasteiger partial charge is 0.490 e. The van der Waals surface area contributed by atoms with Crippen molar-refractivity contribution in [1.82, 2.24) is 5.32 Å². The van der Waals surface area contributed by atoms with Gasteiger partial charge in [0.05, 0.1) is 16.0 Å². The maximum Gasteiger partial charge on any atom is 0.273 e. The number of rotatable bonds is 6. The van der Waals surface area contributed by atoms with Crippen LogP contribution in [0.3, 0.4) is 0 Å². The van der Waals surface area contributed by atoms with Crippen molar-refractivity contribution in [2.45, 2.75) is 18.9 Å². The molecule has 1 aliphatic rings. The van der Waals surface area contributed by atoms with Crippen molar-refractivity contribution in [1.29, 1.82) is 0 Å². The minimum absolute atomic E-state index is 0.0143. The average molecular weight is 257 g/mol. The highest BCUT2D eigenvalue weighted by Gasteiger charge is 2.19. The fourth-order valence-corrected chi connectivity index (χ4v) is 1.60. The summed E-state index contributed by atoms with van der Waals surface area (Å²) in [6, 6.07) is 4.81. The molecule has 2 rings (SSSR count). The summed E-state index contributed by atoms with van der Waals surface area (Å²) in [6.45, 7) is 1.18. The van der Waals surface area contributed by atoms with Crippen LogP contribution in [-0.2, 0) is 0 Å². The van der Waals surface area contributed by atoms with E-state index in [-0.39, 0.29) is 5.69 Å². The molecule has 1 aromatic carbocycles. The monoisotopic (exact) mass is 256 g/mol. The maximum atomic E-state index is 10.6. The second-order valence-electron chi connectivity index (χ2n) is 3.95. The summed E-state index contributed by atoms with van der Waals surface area (Å²) in [5, 5.41) is 14.3. The Kier molecular flexibility index (Phi) is 3.81. The van der Waals surface area contributed by atoms with Crippen molar-refractivity contribution in [2.75, 3.05) is 13.2 Å². The van der Waals surface area contributed by atoms with Crippen molar-refractivity contribution in [3.8, 4) is 5.75 Å². The zero-order valence-corrected chi connectivity index (χ0v) is 9.94. The lowest BCUT2D eigenvalue weighted by Gasteiger charge is -2.08. The lowest BCUT2D eigenvalue weighted by molar-refractivity contribution is -0.384. The Bertz CT molecular complexity index is 421. The van der Waals surface area contributed by atoms with Crippen molar-refractivity contribution in [3.63, 3.8) is 0 Å². The van der Waals surface area contributed by atoms with Crippen LogP contribution in [0.15, 0.2) is 18.2 Å². The van der Waals surface area contributed by atoms with Crippen LogP contribution in [0.1, 0.15) is 12.8 Å². The number of hydrogen-bond donors (Lipinski definition) is 1. The van der Waals surface area contributed by atoms with Gasteiger partial charge in [-0.2, -0.15) is 0 Å². The van der Waals surface area contributed by atoms with E-state index < -0.39 is 4.92 Å². The SMILES string of the molecule is O=[N+]([O-])c1ccc(Cl)c(OCCNC2CC2)c1. The number of hydrogen-bond acceptors (Lipinski definition) is 4. The first-order valence-corrected chi connectivity index (χ1v) is 5.85. The molecule has 17 heavy (non-hydrogen) atoms. The zero-order chi connectivity index (χ0) is 12.3. The predicted molar refractivity (Wildman–Crippen MR) is 64.6 cm³/mol. The van der Waals surface area contributed by atoms with Gasteiger partial charge in [-0.05, 0) is 18.9 Å². The van der Waals surface area contributed by atoms with Crippen LogP contribution in [0, 0.1) is 10.1 Å². The molecule has 92 valence electrons. The van der Waals surface area contributed by atoms with Crippen LogP contribution in [0.2, 0.25) is 5.02 Å². The van der Waals surface area contributed by atoms with E-state index in [4.69, 9.17) is 16.3 Å². The van der Waals surface area contributed by atoms with E-state index in [2.05, 4.69) is 5.32 Å². The van der Waals surface area contributed by atoms with E-state index in [1.807, 2.05) is 0 Å². The van der Waals surface area contributed by atoms with Crippen LogP contribution < -0.4 is 10.1 Å². The summed E-state index contributed by atoms with van der Waals surface area (Å²) in [7, 11) is 0. The third-order valence-corrected chi connectivity index (χ3v) is 2.81. The molecule has 0 atom stereocenters. The highest BCUT2D eigenvalue weighted by molar-refractivity contribution is 6.32. The quantitative estimate of drug-likeness (QED) is 0.482. The first-order chi connectivity index (χ1) is 8.16. The fraction of sp³-hybridized carbons (Fsp3) is 0.455. The zero-order valence-electron chi connectivity index (χ0n) is 9.19. The Balaban J connectivity index is 1.88. The Morgan fingerprint density at radius 2 is 2.29 bits per heavy atom.